The van der Waals surface area contributed by atoms with Gasteiger partial charge in [-0.05, 0) is 44.4 Å². The van der Waals surface area contributed by atoms with Crippen LogP contribution in [0.4, 0.5) is 5.82 Å². The Hall–Kier alpha value is -1.62. The minimum absolute atomic E-state index is 0. The topological polar surface area (TPSA) is 82.1 Å². The second-order valence-corrected chi connectivity index (χ2v) is 7.29. The molecule has 9 heteroatoms. The highest BCUT2D eigenvalue weighted by Crippen LogP contribution is 2.17. The van der Waals surface area contributed by atoms with Crippen molar-refractivity contribution in [3.05, 3.63) is 23.9 Å². The van der Waals surface area contributed by atoms with Gasteiger partial charge in [0.1, 0.15) is 5.82 Å². The van der Waals surface area contributed by atoms with Gasteiger partial charge in [0.05, 0.1) is 25.8 Å². The number of pyridine rings is 1. The molecule has 2 N–H and O–H groups in total. The molecule has 29 heavy (non-hydrogen) atoms. The molecule has 0 spiro atoms. The molecule has 162 valence electrons. The number of ether oxygens (including phenoxy) is 1. The first-order valence-electron chi connectivity index (χ1n) is 10.3. The van der Waals surface area contributed by atoms with Gasteiger partial charge in [0.15, 0.2) is 5.96 Å². The molecule has 2 aliphatic rings. The summed E-state index contributed by atoms with van der Waals surface area (Å²) in [6.07, 6.45) is 4.26. The first-order chi connectivity index (χ1) is 13.7. The fourth-order valence-corrected chi connectivity index (χ4v) is 3.51. The van der Waals surface area contributed by atoms with Gasteiger partial charge in [0.25, 0.3) is 0 Å². The molecule has 0 bridgehead atoms. The molecule has 1 unspecified atom stereocenters. The van der Waals surface area contributed by atoms with Crippen LogP contribution in [-0.4, -0.2) is 73.7 Å². The van der Waals surface area contributed by atoms with E-state index in [0.29, 0.717) is 12.5 Å². The molecule has 8 nitrogen and oxygen atoms in total. The number of likely N-dealkylation sites (tertiary alicyclic amines) is 1. The molecule has 1 amide bonds. The standard InChI is InChI=1S/C20H32N6O2.HI/c1-3-21-20(24-14-19(27)25-8-4-5-9-25)23-13-17-6-7-22-18(12-17)26-10-11-28-16(2)15-26;/h6-7,12,16H,3-5,8-11,13-15H2,1-2H3,(H2,21,23,24);1H. The van der Waals surface area contributed by atoms with Crippen LogP contribution in [0.15, 0.2) is 23.3 Å². The van der Waals surface area contributed by atoms with E-state index in [4.69, 9.17) is 4.74 Å². The van der Waals surface area contributed by atoms with Crippen LogP contribution in [-0.2, 0) is 16.1 Å². The third kappa shape index (κ3) is 7.29. The van der Waals surface area contributed by atoms with Crippen LogP contribution in [0.1, 0.15) is 32.3 Å². The van der Waals surface area contributed by atoms with E-state index < -0.39 is 0 Å². The van der Waals surface area contributed by atoms with E-state index in [1.54, 1.807) is 0 Å². The van der Waals surface area contributed by atoms with Crippen LogP contribution in [0.3, 0.4) is 0 Å². The van der Waals surface area contributed by atoms with Gasteiger partial charge in [-0.15, -0.1) is 24.0 Å². The summed E-state index contributed by atoms with van der Waals surface area (Å²) >= 11 is 0. The third-order valence-electron chi connectivity index (χ3n) is 5.00. The predicted molar refractivity (Wildman–Crippen MR) is 126 cm³/mol. The van der Waals surface area contributed by atoms with Gasteiger partial charge < -0.3 is 25.2 Å². The largest absolute Gasteiger partial charge is 0.375 e. The van der Waals surface area contributed by atoms with Crippen molar-refractivity contribution < 1.29 is 9.53 Å². The van der Waals surface area contributed by atoms with Crippen molar-refractivity contribution in [2.75, 3.05) is 50.8 Å². The average molecular weight is 516 g/mol. The minimum Gasteiger partial charge on any atom is -0.375 e. The SMILES string of the molecule is CCNC(=NCc1ccnc(N2CCOC(C)C2)c1)NCC(=O)N1CCCC1.I. The first-order valence-corrected chi connectivity index (χ1v) is 10.3. The van der Waals surface area contributed by atoms with Gasteiger partial charge in [0, 0.05) is 38.9 Å². The van der Waals surface area contributed by atoms with E-state index >= 15 is 0 Å². The molecule has 2 aliphatic heterocycles. The number of rotatable bonds is 6. The van der Waals surface area contributed by atoms with Crippen molar-refractivity contribution in [1.82, 2.24) is 20.5 Å². The molecule has 0 saturated carbocycles. The Kier molecular flexibility index (Phi) is 9.92. The molecule has 1 aromatic rings. The molecule has 0 radical (unpaired) electrons. The van der Waals surface area contributed by atoms with Crippen LogP contribution in [0.25, 0.3) is 0 Å². The molecule has 1 aromatic heterocycles. The van der Waals surface area contributed by atoms with Gasteiger partial charge in [-0.1, -0.05) is 0 Å². The summed E-state index contributed by atoms with van der Waals surface area (Å²) < 4.78 is 5.61. The van der Waals surface area contributed by atoms with Crippen molar-refractivity contribution in [3.63, 3.8) is 0 Å². The van der Waals surface area contributed by atoms with Gasteiger partial charge in [-0.2, -0.15) is 0 Å². The summed E-state index contributed by atoms with van der Waals surface area (Å²) in [5, 5.41) is 6.36. The van der Waals surface area contributed by atoms with Crippen molar-refractivity contribution in [3.8, 4) is 0 Å². The molecule has 3 rings (SSSR count). The fourth-order valence-electron chi connectivity index (χ4n) is 3.51. The number of nitrogens with zero attached hydrogens (tertiary/aromatic N) is 4. The zero-order valence-electron chi connectivity index (χ0n) is 17.4. The number of anilines is 1. The van der Waals surface area contributed by atoms with Gasteiger partial charge in [0.2, 0.25) is 5.91 Å². The smallest absolute Gasteiger partial charge is 0.241 e. The van der Waals surface area contributed by atoms with Crippen LogP contribution < -0.4 is 15.5 Å². The van der Waals surface area contributed by atoms with Crippen molar-refractivity contribution in [1.29, 1.82) is 0 Å². The number of guanidine groups is 1. The van der Waals surface area contributed by atoms with Crippen molar-refractivity contribution in [2.24, 2.45) is 4.99 Å². The molecule has 0 aromatic carbocycles. The Morgan fingerprint density at radius 3 is 2.83 bits per heavy atom. The maximum absolute atomic E-state index is 12.2. The first kappa shape index (κ1) is 23.7. The number of aliphatic imine (C=N–C) groups is 1. The van der Waals surface area contributed by atoms with E-state index in [9.17, 15) is 4.79 Å². The Bertz CT molecular complexity index is 681. The number of morpholine rings is 1. The van der Waals surface area contributed by atoms with E-state index in [0.717, 1.165) is 63.6 Å². The van der Waals surface area contributed by atoms with E-state index in [-0.39, 0.29) is 42.5 Å². The maximum Gasteiger partial charge on any atom is 0.241 e. The zero-order chi connectivity index (χ0) is 19.8. The van der Waals surface area contributed by atoms with Crippen LogP contribution >= 0.6 is 24.0 Å². The lowest BCUT2D eigenvalue weighted by molar-refractivity contribution is -0.128. The van der Waals surface area contributed by atoms with Crippen LogP contribution in [0.5, 0.6) is 0 Å². The minimum atomic E-state index is 0. The van der Waals surface area contributed by atoms with E-state index in [1.165, 1.54) is 0 Å². The number of nitrogens with one attached hydrogen (secondary N) is 2. The second kappa shape index (κ2) is 12.2. The zero-order valence-corrected chi connectivity index (χ0v) is 19.7. The van der Waals surface area contributed by atoms with Crippen molar-refractivity contribution >= 4 is 41.7 Å². The highest BCUT2D eigenvalue weighted by Gasteiger charge is 2.19. The number of aromatic nitrogens is 1. The van der Waals surface area contributed by atoms with E-state index in [2.05, 4.69) is 38.5 Å². The number of amides is 1. The summed E-state index contributed by atoms with van der Waals surface area (Å²) in [6, 6.07) is 4.07. The number of carbonyl (C=O) groups is 1. The number of hydrogen-bond acceptors (Lipinski definition) is 5. The lowest BCUT2D eigenvalue weighted by Gasteiger charge is -2.32. The lowest BCUT2D eigenvalue weighted by Crippen LogP contribution is -2.44. The predicted octanol–water partition coefficient (Wildman–Crippen LogP) is 1.60. The number of hydrogen-bond donors (Lipinski definition) is 2. The Balaban J connectivity index is 0.00000300. The second-order valence-electron chi connectivity index (χ2n) is 7.29. The summed E-state index contributed by atoms with van der Waals surface area (Å²) in [5.74, 6) is 1.76. The van der Waals surface area contributed by atoms with Crippen molar-refractivity contribution in [2.45, 2.75) is 39.3 Å². The average Bonchev–Trinajstić information content (AvgIpc) is 3.25. The molecule has 2 fully saturated rings. The quantitative estimate of drug-likeness (QED) is 0.340. The van der Waals surface area contributed by atoms with Gasteiger partial charge in [-0.3, -0.25) is 4.79 Å². The number of carbonyl (C=O) groups excluding carboxylic acids is 1. The summed E-state index contributed by atoms with van der Waals surface area (Å²) in [6.45, 7) is 9.82. The van der Waals surface area contributed by atoms with Crippen LogP contribution in [0, 0.1) is 0 Å². The lowest BCUT2D eigenvalue weighted by atomic mass is 10.2. The highest BCUT2D eigenvalue weighted by molar-refractivity contribution is 14.0. The van der Waals surface area contributed by atoms with Crippen LogP contribution in [0.2, 0.25) is 0 Å². The summed E-state index contributed by atoms with van der Waals surface area (Å²) in [5.41, 5.74) is 1.09. The molecule has 1 atom stereocenters. The third-order valence-corrected chi connectivity index (χ3v) is 5.00. The molecular weight excluding hydrogens is 483 g/mol. The molecule has 0 aliphatic carbocycles. The molecular formula is C20H33IN6O2. The van der Waals surface area contributed by atoms with Gasteiger partial charge in [-0.25, -0.2) is 9.98 Å². The highest BCUT2D eigenvalue weighted by atomic mass is 127. The molecule has 2 saturated heterocycles. The Morgan fingerprint density at radius 2 is 2.10 bits per heavy atom. The maximum atomic E-state index is 12.2. The van der Waals surface area contributed by atoms with Gasteiger partial charge >= 0.3 is 0 Å². The van der Waals surface area contributed by atoms with E-state index in [1.807, 2.05) is 24.1 Å². The Labute approximate surface area is 190 Å². The summed E-state index contributed by atoms with van der Waals surface area (Å²) in [7, 11) is 0. The Morgan fingerprint density at radius 1 is 1.31 bits per heavy atom. The fraction of sp³-hybridized carbons (Fsp3) is 0.650. The number of halogens is 1. The monoisotopic (exact) mass is 516 g/mol. The molecule has 3 heterocycles. The normalized spacial score (nSPS) is 19.7. The summed E-state index contributed by atoms with van der Waals surface area (Å²) in [4.78, 5) is 25.5.